The van der Waals surface area contributed by atoms with Gasteiger partial charge in [-0.15, -0.1) is 0 Å². The van der Waals surface area contributed by atoms with Gasteiger partial charge in [0.25, 0.3) is 0 Å². The highest BCUT2D eigenvalue weighted by molar-refractivity contribution is 6.43. The number of carbonyl (C=O) groups excluding carboxylic acids is 1. The highest BCUT2D eigenvalue weighted by atomic mass is 35.5. The number of benzene rings is 2. The standard InChI is InChI=1S/C14H7Cl3N2O2/c15-9-6-4-8(5-7-9)12(19-18)14(20)21-13-10(16)2-1-3-11(13)17/h1-7H. The molecule has 0 aromatic heterocycles. The third kappa shape index (κ3) is 3.63. The SMILES string of the molecule is [N-]=[N+]=C(C(=O)Oc1c(Cl)cccc1Cl)c1ccc(Cl)cc1. The number of esters is 1. The van der Waals surface area contributed by atoms with Crippen LogP contribution in [0.4, 0.5) is 0 Å². The molecule has 2 rings (SSSR count). The first-order valence-corrected chi connectivity index (χ1v) is 6.80. The Morgan fingerprint density at radius 3 is 2.10 bits per heavy atom. The summed E-state index contributed by atoms with van der Waals surface area (Å²) in [5.41, 5.74) is 9.08. The summed E-state index contributed by atoms with van der Waals surface area (Å²) in [6, 6.07) is 10.8. The molecule has 0 saturated carbocycles. The first-order chi connectivity index (χ1) is 10.0. The molecule has 0 saturated heterocycles. The van der Waals surface area contributed by atoms with Crippen molar-refractivity contribution in [3.63, 3.8) is 0 Å². The topological polar surface area (TPSA) is 62.7 Å². The zero-order valence-electron chi connectivity index (χ0n) is 10.4. The molecule has 0 atom stereocenters. The normalized spacial score (nSPS) is 9.86. The van der Waals surface area contributed by atoms with Crippen LogP contribution in [0.3, 0.4) is 0 Å². The van der Waals surface area contributed by atoms with Crippen molar-refractivity contribution in [2.45, 2.75) is 0 Å². The molecule has 0 bridgehead atoms. The van der Waals surface area contributed by atoms with Crippen LogP contribution in [-0.2, 0) is 4.79 Å². The van der Waals surface area contributed by atoms with E-state index in [4.69, 9.17) is 45.1 Å². The zero-order valence-corrected chi connectivity index (χ0v) is 12.7. The van der Waals surface area contributed by atoms with E-state index >= 15 is 0 Å². The van der Waals surface area contributed by atoms with Gasteiger partial charge in [-0.25, -0.2) is 4.79 Å². The Bertz CT molecular complexity index is 718. The molecule has 21 heavy (non-hydrogen) atoms. The van der Waals surface area contributed by atoms with E-state index in [9.17, 15) is 4.79 Å². The van der Waals surface area contributed by atoms with Gasteiger partial charge in [0.1, 0.15) is 0 Å². The van der Waals surface area contributed by atoms with Gasteiger partial charge < -0.3 is 10.3 Å². The zero-order chi connectivity index (χ0) is 15.4. The minimum atomic E-state index is -0.894. The fourth-order valence-electron chi connectivity index (χ4n) is 1.55. The molecule has 0 aliphatic carbocycles. The van der Waals surface area contributed by atoms with E-state index in [-0.39, 0.29) is 21.5 Å². The van der Waals surface area contributed by atoms with E-state index in [0.29, 0.717) is 10.6 Å². The van der Waals surface area contributed by atoms with Crippen LogP contribution in [0.1, 0.15) is 5.56 Å². The second kappa shape index (κ2) is 6.74. The van der Waals surface area contributed by atoms with E-state index < -0.39 is 5.97 Å². The van der Waals surface area contributed by atoms with Gasteiger partial charge in [-0.05, 0) is 36.4 Å². The quantitative estimate of drug-likeness (QED) is 0.275. The molecule has 0 amide bonds. The first-order valence-electron chi connectivity index (χ1n) is 5.67. The van der Waals surface area contributed by atoms with Crippen molar-refractivity contribution in [2.24, 2.45) is 0 Å². The number of halogens is 3. The third-order valence-electron chi connectivity index (χ3n) is 2.52. The number of ether oxygens (including phenoxy) is 1. The maximum absolute atomic E-state index is 12.1. The predicted molar refractivity (Wildman–Crippen MR) is 81.3 cm³/mol. The Morgan fingerprint density at radius 1 is 1.00 bits per heavy atom. The summed E-state index contributed by atoms with van der Waals surface area (Å²) < 4.78 is 5.09. The van der Waals surface area contributed by atoms with E-state index in [1.807, 2.05) is 0 Å². The number of hydrogen-bond acceptors (Lipinski definition) is 2. The highest BCUT2D eigenvalue weighted by Crippen LogP contribution is 2.32. The number of rotatable bonds is 3. The molecule has 0 spiro atoms. The van der Waals surface area contributed by atoms with Crippen molar-refractivity contribution in [3.8, 4) is 5.75 Å². The number of para-hydroxylation sites is 1. The van der Waals surface area contributed by atoms with Gasteiger partial charge in [0.2, 0.25) is 0 Å². The summed E-state index contributed by atoms with van der Waals surface area (Å²) >= 11 is 17.6. The molecule has 2 aromatic rings. The molecular weight excluding hydrogens is 335 g/mol. The lowest BCUT2D eigenvalue weighted by Gasteiger charge is -2.05. The van der Waals surface area contributed by atoms with Crippen LogP contribution in [0.5, 0.6) is 5.75 Å². The van der Waals surface area contributed by atoms with Crippen LogP contribution in [0.25, 0.3) is 5.53 Å². The Hall–Kier alpha value is -1.84. The molecular formula is C14H7Cl3N2O2. The van der Waals surface area contributed by atoms with Gasteiger partial charge in [0, 0.05) is 5.02 Å². The minimum absolute atomic E-state index is 0.000877. The van der Waals surface area contributed by atoms with E-state index in [2.05, 4.69) is 4.79 Å². The van der Waals surface area contributed by atoms with Crippen molar-refractivity contribution >= 4 is 46.5 Å². The Balaban J connectivity index is 2.30. The van der Waals surface area contributed by atoms with Gasteiger partial charge in [-0.2, -0.15) is 4.79 Å². The lowest BCUT2D eigenvalue weighted by Crippen LogP contribution is -2.22. The summed E-state index contributed by atoms with van der Waals surface area (Å²) in [4.78, 5) is 15.0. The summed E-state index contributed by atoms with van der Waals surface area (Å²) in [5, 5.41) is 0.826. The van der Waals surface area contributed by atoms with Crippen LogP contribution >= 0.6 is 34.8 Å². The summed E-state index contributed by atoms with van der Waals surface area (Å²) in [6.45, 7) is 0. The molecule has 0 fully saturated rings. The molecule has 0 aliphatic rings. The molecule has 0 N–H and O–H groups in total. The molecule has 2 aromatic carbocycles. The highest BCUT2D eigenvalue weighted by Gasteiger charge is 2.26. The molecule has 0 radical (unpaired) electrons. The van der Waals surface area contributed by atoms with E-state index in [1.165, 1.54) is 24.3 Å². The second-order valence-corrected chi connectivity index (χ2v) is 5.15. The number of nitrogens with zero attached hydrogens (tertiary/aromatic N) is 2. The second-order valence-electron chi connectivity index (χ2n) is 3.90. The largest absolute Gasteiger partial charge is 0.427 e. The third-order valence-corrected chi connectivity index (χ3v) is 3.37. The Kier molecular flexibility index (Phi) is 4.99. The van der Waals surface area contributed by atoms with Crippen LogP contribution < -0.4 is 4.74 Å². The summed E-state index contributed by atoms with van der Waals surface area (Å²) in [7, 11) is 0. The van der Waals surface area contributed by atoms with Crippen LogP contribution in [0.2, 0.25) is 15.1 Å². The fraction of sp³-hybridized carbons (Fsp3) is 0. The Labute approximate surface area is 135 Å². The monoisotopic (exact) mass is 340 g/mol. The van der Waals surface area contributed by atoms with Gasteiger partial charge in [-0.3, -0.25) is 0 Å². The summed E-state index contributed by atoms with van der Waals surface area (Å²) in [5.74, 6) is -0.893. The maximum atomic E-state index is 12.1. The smallest absolute Gasteiger partial charge is 0.414 e. The molecule has 0 unspecified atom stereocenters. The van der Waals surface area contributed by atoms with Crippen LogP contribution in [0.15, 0.2) is 42.5 Å². The van der Waals surface area contributed by atoms with Crippen LogP contribution in [-0.4, -0.2) is 16.5 Å². The molecule has 0 heterocycles. The molecule has 4 nitrogen and oxygen atoms in total. The van der Waals surface area contributed by atoms with Gasteiger partial charge >= 0.3 is 11.7 Å². The fourth-order valence-corrected chi connectivity index (χ4v) is 2.15. The van der Waals surface area contributed by atoms with Crippen molar-refractivity contribution in [1.82, 2.24) is 0 Å². The number of hydrogen-bond donors (Lipinski definition) is 0. The average Bonchev–Trinajstić information content (AvgIpc) is 2.46. The van der Waals surface area contributed by atoms with Gasteiger partial charge in [0.15, 0.2) is 5.75 Å². The van der Waals surface area contributed by atoms with E-state index in [0.717, 1.165) is 0 Å². The van der Waals surface area contributed by atoms with Crippen molar-refractivity contribution < 1.29 is 14.3 Å². The average molecular weight is 342 g/mol. The molecule has 0 aliphatic heterocycles. The molecule has 7 heteroatoms. The maximum Gasteiger partial charge on any atom is 0.427 e. The van der Waals surface area contributed by atoms with Crippen molar-refractivity contribution in [1.29, 1.82) is 0 Å². The predicted octanol–water partition coefficient (Wildman–Crippen LogP) is 4.27. The van der Waals surface area contributed by atoms with Gasteiger partial charge in [-0.1, -0.05) is 40.9 Å². The minimum Gasteiger partial charge on any atom is -0.414 e. The lowest BCUT2D eigenvalue weighted by atomic mass is 10.1. The van der Waals surface area contributed by atoms with Gasteiger partial charge in [0.05, 0.1) is 15.6 Å². The Morgan fingerprint density at radius 2 is 1.57 bits per heavy atom. The first kappa shape index (κ1) is 15.5. The van der Waals surface area contributed by atoms with Crippen molar-refractivity contribution in [3.05, 3.63) is 68.6 Å². The van der Waals surface area contributed by atoms with E-state index in [1.54, 1.807) is 18.2 Å². The van der Waals surface area contributed by atoms with Crippen molar-refractivity contribution in [2.75, 3.05) is 0 Å². The number of carbonyl (C=O) groups is 1. The lowest BCUT2D eigenvalue weighted by molar-refractivity contribution is -0.131. The molecule has 106 valence electrons. The van der Waals surface area contributed by atoms with Crippen LogP contribution in [0, 0.1) is 0 Å². The summed E-state index contributed by atoms with van der Waals surface area (Å²) in [6.07, 6.45) is 0.